The van der Waals surface area contributed by atoms with Gasteiger partial charge in [-0.25, -0.2) is 35.5 Å². The molecule has 4 saturated heterocycles. The van der Waals surface area contributed by atoms with Crippen LogP contribution in [0.5, 0.6) is 11.5 Å². The molecule has 6 heterocycles. The topological polar surface area (TPSA) is 156 Å². The Morgan fingerprint density at radius 2 is 1.48 bits per heavy atom. The van der Waals surface area contributed by atoms with E-state index >= 15 is 4.39 Å². The van der Waals surface area contributed by atoms with Gasteiger partial charge in [0.15, 0.2) is 11.6 Å². The molecular formula is C38H49ClFN10O4S2+. The first-order valence-electron chi connectivity index (χ1n) is 19.3. The zero-order chi connectivity index (χ0) is 39.2. The molecule has 14 nitrogen and oxygen atoms in total. The number of nitrogens with one attached hydrogen (secondary N) is 2. The minimum atomic E-state index is -3.12. The molecule has 4 aromatic rings. The Labute approximate surface area is 332 Å². The summed E-state index contributed by atoms with van der Waals surface area (Å²) >= 11 is 6.49. The van der Waals surface area contributed by atoms with Crippen LogP contribution in [0.4, 0.5) is 15.9 Å². The van der Waals surface area contributed by atoms with Crippen LogP contribution in [0.15, 0.2) is 36.8 Å². The van der Waals surface area contributed by atoms with E-state index in [-0.39, 0.29) is 27.9 Å². The lowest BCUT2D eigenvalue weighted by Crippen LogP contribution is -2.44. The summed E-state index contributed by atoms with van der Waals surface area (Å²) < 4.78 is 76.2. The number of aromatic nitrogens is 4. The number of methoxy groups -OCH3 is 2. The highest BCUT2D eigenvalue weighted by Gasteiger charge is 2.55. The van der Waals surface area contributed by atoms with E-state index in [0.717, 1.165) is 86.8 Å². The van der Waals surface area contributed by atoms with Gasteiger partial charge in [0.1, 0.15) is 42.4 Å². The Morgan fingerprint density at radius 1 is 0.857 bits per heavy atom. The van der Waals surface area contributed by atoms with Crippen molar-refractivity contribution in [2.45, 2.75) is 56.2 Å². The van der Waals surface area contributed by atoms with Crippen molar-refractivity contribution in [2.24, 2.45) is 10.8 Å². The number of anilines is 2. The molecule has 4 unspecified atom stereocenters. The molecule has 2 aromatic carbocycles. The second kappa shape index (κ2) is 13.7. The third kappa shape index (κ3) is 6.50. The van der Waals surface area contributed by atoms with E-state index in [1.54, 1.807) is 25.7 Å². The molecule has 1 aliphatic carbocycles. The van der Waals surface area contributed by atoms with Crippen LogP contribution < -0.4 is 23.8 Å². The Morgan fingerprint density at radius 3 is 2.12 bits per heavy atom. The van der Waals surface area contributed by atoms with Gasteiger partial charge in [0.25, 0.3) is 12.1 Å². The second-order valence-corrected chi connectivity index (χ2v) is 21.4. The van der Waals surface area contributed by atoms with E-state index in [0.29, 0.717) is 54.6 Å². The van der Waals surface area contributed by atoms with E-state index in [1.807, 2.05) is 25.3 Å². The van der Waals surface area contributed by atoms with Crippen LogP contribution >= 0.6 is 11.6 Å². The minimum absolute atomic E-state index is 0.0174. The number of benzene rings is 2. The number of hydrogen-bond acceptors (Lipinski definition) is 11. The molecule has 56 heavy (non-hydrogen) atoms. The number of fused-ring (bicyclic) bond motifs is 2. The smallest absolute Gasteiger partial charge is 0.289 e. The molecule has 5 fully saturated rings. The fourth-order valence-electron chi connectivity index (χ4n) is 9.85. The van der Waals surface area contributed by atoms with Gasteiger partial charge in [-0.05, 0) is 66.5 Å². The van der Waals surface area contributed by atoms with Gasteiger partial charge in [-0.1, -0.05) is 11.6 Å². The molecular weight excluding hydrogens is 779 g/mol. The van der Waals surface area contributed by atoms with Crippen LogP contribution in [0.3, 0.4) is 0 Å². The van der Waals surface area contributed by atoms with Crippen LogP contribution in [-0.4, -0.2) is 110 Å². The minimum Gasteiger partial charge on any atom is -0.495 e. The first-order chi connectivity index (χ1) is 26.7. The molecule has 18 heteroatoms. The predicted molar refractivity (Wildman–Crippen MR) is 215 cm³/mol. The molecule has 0 bridgehead atoms. The highest BCUT2D eigenvalue weighted by Crippen LogP contribution is 2.48. The van der Waals surface area contributed by atoms with Crippen molar-refractivity contribution in [3.63, 3.8) is 0 Å². The number of nitrogens with zero attached hydrogens (tertiary/aromatic N) is 8. The number of hydrogen-bond donors (Lipinski definition) is 2. The molecule has 1 saturated carbocycles. The number of piperidine rings is 2. The average Bonchev–Trinajstić information content (AvgIpc) is 3.72. The van der Waals surface area contributed by atoms with Gasteiger partial charge in [0.2, 0.25) is 0 Å². The maximum absolute atomic E-state index is 15.4. The van der Waals surface area contributed by atoms with Gasteiger partial charge in [0, 0.05) is 82.6 Å². The van der Waals surface area contributed by atoms with E-state index in [1.165, 1.54) is 19.4 Å². The van der Waals surface area contributed by atoms with E-state index < -0.39 is 25.6 Å². The fraction of sp³-hybridized carbons (Fsp3) is 0.579. The quantitative estimate of drug-likeness (QED) is 0.222. The SMILES string of the molecule is COc1cc2c(cc1F)c(N1CCC3(CC1)CCN(S(C)(=N)=O)C3)nc[n+]2C1CC1S(=N)(=O)N1CCC2(CCN(c3cnnc4cc(OC)c(Cl)cc34)CC2)C1. The van der Waals surface area contributed by atoms with Crippen molar-refractivity contribution in [1.29, 1.82) is 9.56 Å². The predicted octanol–water partition coefficient (Wildman–Crippen LogP) is 5.43. The van der Waals surface area contributed by atoms with E-state index in [2.05, 4.69) is 20.0 Å². The third-order valence-electron chi connectivity index (χ3n) is 13.4. The molecule has 4 aliphatic heterocycles. The summed E-state index contributed by atoms with van der Waals surface area (Å²) in [6.07, 6.45) is 11.0. The lowest BCUT2D eigenvalue weighted by molar-refractivity contribution is -0.677. The Kier molecular flexibility index (Phi) is 9.30. The van der Waals surface area contributed by atoms with Crippen LogP contribution in [0.2, 0.25) is 5.02 Å². The van der Waals surface area contributed by atoms with Crippen molar-refractivity contribution < 1.29 is 26.8 Å². The van der Waals surface area contributed by atoms with Gasteiger partial charge >= 0.3 is 0 Å². The van der Waals surface area contributed by atoms with Crippen molar-refractivity contribution in [1.82, 2.24) is 23.8 Å². The molecule has 5 aliphatic rings. The number of rotatable bonds is 8. The van der Waals surface area contributed by atoms with Gasteiger partial charge in [-0.2, -0.15) is 10.2 Å². The van der Waals surface area contributed by atoms with Crippen LogP contribution in [-0.2, 0) is 19.8 Å². The second-order valence-electron chi connectivity index (χ2n) is 16.6. The number of ether oxygens (including phenoxy) is 2. The van der Waals surface area contributed by atoms with Crippen LogP contribution in [0, 0.1) is 26.2 Å². The van der Waals surface area contributed by atoms with Gasteiger partial charge in [-0.15, -0.1) is 0 Å². The highest BCUT2D eigenvalue weighted by molar-refractivity contribution is 7.91. The third-order valence-corrected chi connectivity index (χ3v) is 17.4. The maximum Gasteiger partial charge on any atom is 0.289 e. The fourth-order valence-corrected chi connectivity index (χ4v) is 13.3. The van der Waals surface area contributed by atoms with Gasteiger partial charge in [0.05, 0.1) is 42.0 Å². The maximum atomic E-state index is 15.4. The summed E-state index contributed by atoms with van der Waals surface area (Å²) in [5, 5.41) is 10.3. The standard InChI is InChI=1S/C38H49ClFN10O4S2/c1-53-33-18-29-25(16-27(33)39)32(21-44-45-29)46-10-4-38(5-11-46)9-15-49(23-38)56(42,52)35-20-31(35)50-24-43-36(26-17-28(40)34(54-2)19-30(26)50)47-12-6-37(7-13-47)8-14-48(22-37)55(3,41)51/h16-19,21,24,31,35,41-42H,4-15,20,22-23H2,1-3H3/q+1. The van der Waals surface area contributed by atoms with Crippen molar-refractivity contribution in [2.75, 3.05) is 82.6 Å². The zero-order valence-corrected chi connectivity index (χ0v) is 34.4. The highest BCUT2D eigenvalue weighted by atomic mass is 35.5. The Bertz CT molecular complexity index is 2440. The number of halogens is 2. The summed E-state index contributed by atoms with van der Waals surface area (Å²) in [5.74, 6) is 0.902. The van der Waals surface area contributed by atoms with Crippen LogP contribution in [0.25, 0.3) is 21.8 Å². The largest absolute Gasteiger partial charge is 0.495 e. The van der Waals surface area contributed by atoms with Crippen molar-refractivity contribution >= 4 is 64.7 Å². The summed E-state index contributed by atoms with van der Waals surface area (Å²) in [6.45, 7) is 5.63. The molecule has 300 valence electrons. The van der Waals surface area contributed by atoms with Gasteiger partial charge < -0.3 is 19.3 Å². The lowest BCUT2D eigenvalue weighted by Gasteiger charge is -2.40. The normalized spacial score (nSPS) is 25.9. The van der Waals surface area contributed by atoms with Crippen molar-refractivity contribution in [3.05, 3.63) is 47.6 Å². The first kappa shape index (κ1) is 37.9. The molecule has 0 amide bonds. The lowest BCUT2D eigenvalue weighted by atomic mass is 9.77. The molecule has 2 aromatic heterocycles. The van der Waals surface area contributed by atoms with Gasteiger partial charge in [-0.3, -0.25) is 0 Å². The summed E-state index contributed by atoms with van der Waals surface area (Å²) in [5.41, 5.74) is 2.45. The van der Waals surface area contributed by atoms with Crippen molar-refractivity contribution in [3.8, 4) is 11.5 Å². The Hall–Kier alpha value is -3.64. The van der Waals surface area contributed by atoms with E-state index in [9.17, 15) is 13.2 Å². The summed E-state index contributed by atoms with van der Waals surface area (Å²) in [7, 11) is -2.83. The molecule has 2 spiro atoms. The van der Waals surface area contributed by atoms with Crippen LogP contribution in [0.1, 0.15) is 51.0 Å². The average molecular weight is 828 g/mol. The summed E-state index contributed by atoms with van der Waals surface area (Å²) in [6, 6.07) is 6.68. The summed E-state index contributed by atoms with van der Waals surface area (Å²) in [4.78, 5) is 9.43. The molecule has 9 rings (SSSR count). The molecule has 2 N–H and O–H groups in total. The first-order valence-corrected chi connectivity index (χ1v) is 23.2. The molecule has 0 radical (unpaired) electrons. The zero-order valence-electron chi connectivity index (χ0n) is 32.0. The Balaban J connectivity index is 0.901. The van der Waals surface area contributed by atoms with E-state index in [4.69, 9.17) is 30.8 Å². The molecule has 4 atom stereocenters. The monoisotopic (exact) mass is 827 g/mol.